The Morgan fingerprint density at radius 2 is 1.50 bits per heavy atom. The Hall–Kier alpha value is -1.37. The molecule has 0 radical (unpaired) electrons. The van der Waals surface area contributed by atoms with Crippen LogP contribution >= 0.6 is 7.14 Å². The Balaban J connectivity index is 2.00. The van der Waals surface area contributed by atoms with Gasteiger partial charge in [-0.25, -0.2) is 0 Å². The largest absolute Gasteiger partial charge is 0.378 e. The van der Waals surface area contributed by atoms with Gasteiger partial charge in [-0.2, -0.15) is 0 Å². The normalized spacial score (nSPS) is 19.1. The Morgan fingerprint density at radius 3 is 1.95 bits per heavy atom. The third kappa shape index (κ3) is 2.72. The van der Waals surface area contributed by atoms with Gasteiger partial charge in [0.2, 0.25) is 0 Å². The SMILES string of the molecule is O=P(C[C@@H]1CCCO1)(c1ccccc1)c1ccccc1. The van der Waals surface area contributed by atoms with Gasteiger partial charge < -0.3 is 9.30 Å². The Labute approximate surface area is 120 Å². The first-order valence-corrected chi connectivity index (χ1v) is 9.00. The molecular formula is C17H19O2P. The maximum atomic E-state index is 13.7. The van der Waals surface area contributed by atoms with E-state index in [1.165, 1.54) is 0 Å². The van der Waals surface area contributed by atoms with Crippen molar-refractivity contribution in [3.05, 3.63) is 60.7 Å². The van der Waals surface area contributed by atoms with Crippen LogP contribution < -0.4 is 10.6 Å². The quantitative estimate of drug-likeness (QED) is 0.807. The zero-order valence-electron chi connectivity index (χ0n) is 11.4. The average Bonchev–Trinajstić information content (AvgIpc) is 3.02. The molecule has 3 heteroatoms. The minimum absolute atomic E-state index is 0.126. The highest BCUT2D eigenvalue weighted by atomic mass is 31.2. The summed E-state index contributed by atoms with van der Waals surface area (Å²) >= 11 is 0. The van der Waals surface area contributed by atoms with E-state index in [4.69, 9.17) is 4.74 Å². The summed E-state index contributed by atoms with van der Waals surface area (Å²) in [4.78, 5) is 0. The van der Waals surface area contributed by atoms with Crippen LogP contribution in [0.15, 0.2) is 60.7 Å². The molecule has 104 valence electrons. The molecule has 1 atom stereocenters. The van der Waals surface area contributed by atoms with Crippen LogP contribution in [0.4, 0.5) is 0 Å². The van der Waals surface area contributed by atoms with Crippen molar-refractivity contribution < 1.29 is 9.30 Å². The number of rotatable bonds is 4. The minimum atomic E-state index is -2.60. The van der Waals surface area contributed by atoms with E-state index in [-0.39, 0.29) is 6.10 Å². The molecule has 0 spiro atoms. The lowest BCUT2D eigenvalue weighted by Crippen LogP contribution is -2.24. The molecule has 1 saturated heterocycles. The highest BCUT2D eigenvalue weighted by Crippen LogP contribution is 2.45. The number of benzene rings is 2. The predicted octanol–water partition coefficient (Wildman–Crippen LogP) is 3.18. The summed E-state index contributed by atoms with van der Waals surface area (Å²) in [6.07, 6.45) is 2.83. The van der Waals surface area contributed by atoms with E-state index in [0.29, 0.717) is 6.16 Å². The van der Waals surface area contributed by atoms with Gasteiger partial charge >= 0.3 is 0 Å². The van der Waals surface area contributed by atoms with Crippen LogP contribution in [0.2, 0.25) is 0 Å². The van der Waals surface area contributed by atoms with E-state index in [1.807, 2.05) is 60.7 Å². The lowest BCUT2D eigenvalue weighted by atomic mass is 10.3. The first kappa shape index (κ1) is 13.6. The van der Waals surface area contributed by atoms with Gasteiger partial charge in [0.1, 0.15) is 7.14 Å². The second kappa shape index (κ2) is 5.95. The maximum Gasteiger partial charge on any atom is 0.145 e. The average molecular weight is 286 g/mol. The van der Waals surface area contributed by atoms with Crippen LogP contribution in [0, 0.1) is 0 Å². The van der Waals surface area contributed by atoms with Crippen molar-refractivity contribution in [3.8, 4) is 0 Å². The minimum Gasteiger partial charge on any atom is -0.378 e. The highest BCUT2D eigenvalue weighted by molar-refractivity contribution is 7.78. The van der Waals surface area contributed by atoms with E-state index in [0.717, 1.165) is 30.1 Å². The molecule has 20 heavy (non-hydrogen) atoms. The second-order valence-electron chi connectivity index (χ2n) is 5.23. The maximum absolute atomic E-state index is 13.7. The van der Waals surface area contributed by atoms with Crippen molar-refractivity contribution in [2.75, 3.05) is 12.8 Å². The molecule has 0 saturated carbocycles. The van der Waals surface area contributed by atoms with Crippen molar-refractivity contribution in [2.24, 2.45) is 0 Å². The molecule has 0 unspecified atom stereocenters. The van der Waals surface area contributed by atoms with Gasteiger partial charge in [0.05, 0.1) is 6.10 Å². The molecule has 2 nitrogen and oxygen atoms in total. The Bertz CT molecular complexity index is 545. The molecule has 1 fully saturated rings. The van der Waals surface area contributed by atoms with Crippen LogP contribution in [0.3, 0.4) is 0 Å². The van der Waals surface area contributed by atoms with Crippen LogP contribution in [-0.4, -0.2) is 18.9 Å². The van der Waals surface area contributed by atoms with Crippen molar-refractivity contribution >= 4 is 17.8 Å². The van der Waals surface area contributed by atoms with Crippen molar-refractivity contribution in [1.82, 2.24) is 0 Å². The zero-order chi connectivity index (χ0) is 13.8. The third-order valence-corrected chi connectivity index (χ3v) is 7.02. The molecule has 0 amide bonds. The molecule has 2 aromatic carbocycles. The Kier molecular flexibility index (Phi) is 4.05. The van der Waals surface area contributed by atoms with E-state index in [1.54, 1.807) is 0 Å². The van der Waals surface area contributed by atoms with E-state index < -0.39 is 7.14 Å². The van der Waals surface area contributed by atoms with Gasteiger partial charge in [-0.1, -0.05) is 60.7 Å². The van der Waals surface area contributed by atoms with Crippen molar-refractivity contribution in [2.45, 2.75) is 18.9 Å². The fourth-order valence-electron chi connectivity index (χ4n) is 2.77. The van der Waals surface area contributed by atoms with Crippen molar-refractivity contribution in [3.63, 3.8) is 0 Å². The summed E-state index contributed by atoms with van der Waals surface area (Å²) in [6, 6.07) is 19.7. The Morgan fingerprint density at radius 1 is 0.950 bits per heavy atom. The molecular weight excluding hydrogens is 267 g/mol. The van der Waals surface area contributed by atoms with Crippen LogP contribution in [0.5, 0.6) is 0 Å². The third-order valence-electron chi connectivity index (χ3n) is 3.83. The summed E-state index contributed by atoms with van der Waals surface area (Å²) in [6.45, 7) is 0.800. The monoisotopic (exact) mass is 286 g/mol. The van der Waals surface area contributed by atoms with Crippen molar-refractivity contribution in [1.29, 1.82) is 0 Å². The van der Waals surface area contributed by atoms with Gasteiger partial charge in [-0.05, 0) is 12.8 Å². The van der Waals surface area contributed by atoms with E-state index in [9.17, 15) is 4.57 Å². The van der Waals surface area contributed by atoms with E-state index >= 15 is 0 Å². The summed E-state index contributed by atoms with van der Waals surface area (Å²) in [5.41, 5.74) is 0. The van der Waals surface area contributed by atoms with Gasteiger partial charge in [0, 0.05) is 23.4 Å². The first-order valence-electron chi connectivity index (χ1n) is 7.11. The smallest absolute Gasteiger partial charge is 0.145 e. The van der Waals surface area contributed by atoms with Gasteiger partial charge in [0.15, 0.2) is 0 Å². The zero-order valence-corrected chi connectivity index (χ0v) is 12.3. The number of hydrogen-bond acceptors (Lipinski definition) is 2. The van der Waals surface area contributed by atoms with Crippen LogP contribution in [0.1, 0.15) is 12.8 Å². The molecule has 3 rings (SSSR count). The summed E-state index contributed by atoms with van der Waals surface area (Å²) < 4.78 is 19.4. The fraction of sp³-hybridized carbons (Fsp3) is 0.294. The first-order chi connectivity index (χ1) is 9.79. The molecule has 0 aliphatic carbocycles. The summed E-state index contributed by atoms with van der Waals surface area (Å²) in [7, 11) is -2.60. The number of hydrogen-bond donors (Lipinski definition) is 0. The van der Waals surface area contributed by atoms with E-state index in [2.05, 4.69) is 0 Å². The topological polar surface area (TPSA) is 26.3 Å². The summed E-state index contributed by atoms with van der Waals surface area (Å²) in [5.74, 6) is 0. The summed E-state index contributed by atoms with van der Waals surface area (Å²) in [5, 5.41) is 1.86. The molecule has 0 aromatic heterocycles. The van der Waals surface area contributed by atoms with Gasteiger partial charge in [-0.15, -0.1) is 0 Å². The highest BCUT2D eigenvalue weighted by Gasteiger charge is 2.32. The predicted molar refractivity (Wildman–Crippen MR) is 83.6 cm³/mol. The molecule has 0 N–H and O–H groups in total. The molecule has 0 bridgehead atoms. The van der Waals surface area contributed by atoms with Gasteiger partial charge in [0.25, 0.3) is 0 Å². The molecule has 1 heterocycles. The van der Waals surface area contributed by atoms with Crippen LogP contribution in [-0.2, 0) is 9.30 Å². The second-order valence-corrected chi connectivity index (χ2v) is 8.11. The van der Waals surface area contributed by atoms with Gasteiger partial charge in [-0.3, -0.25) is 0 Å². The molecule has 1 aliphatic heterocycles. The van der Waals surface area contributed by atoms with Crippen LogP contribution in [0.25, 0.3) is 0 Å². The lowest BCUT2D eigenvalue weighted by Gasteiger charge is -2.22. The number of ether oxygens (including phenoxy) is 1. The molecule has 2 aromatic rings. The lowest BCUT2D eigenvalue weighted by molar-refractivity contribution is 0.127. The standard InChI is InChI=1S/C17H19O2P/c18-20(14-15-8-7-13-19-15,16-9-3-1-4-10-16)17-11-5-2-6-12-17/h1-6,9-12,15H,7-8,13-14H2/t15-/m0/s1. The fourth-order valence-corrected chi connectivity index (χ4v) is 5.66. The molecule has 1 aliphatic rings.